The van der Waals surface area contributed by atoms with E-state index in [2.05, 4.69) is 21.4 Å². The highest BCUT2D eigenvalue weighted by atomic mass is 32.1. The van der Waals surface area contributed by atoms with Crippen LogP contribution in [-0.4, -0.2) is 35.9 Å². The Kier molecular flexibility index (Phi) is 3.93. The monoisotopic (exact) mass is 327 g/mol. The van der Waals surface area contributed by atoms with E-state index in [1.807, 2.05) is 23.9 Å². The number of fused-ring (bicyclic) bond motifs is 1. The Labute approximate surface area is 138 Å². The van der Waals surface area contributed by atoms with E-state index in [1.54, 1.807) is 17.4 Å². The van der Waals surface area contributed by atoms with Crippen molar-refractivity contribution in [3.8, 4) is 0 Å². The Hall–Kier alpha value is -2.05. The first kappa shape index (κ1) is 14.5. The number of nitrogens with zero attached hydrogens (tertiary/aromatic N) is 2. The summed E-state index contributed by atoms with van der Waals surface area (Å²) in [5, 5.41) is 3.54. The van der Waals surface area contributed by atoms with Crippen LogP contribution >= 0.6 is 11.3 Å². The van der Waals surface area contributed by atoms with Crippen LogP contribution in [-0.2, 0) is 9.53 Å². The number of rotatable bonds is 3. The zero-order valence-electron chi connectivity index (χ0n) is 12.6. The van der Waals surface area contributed by atoms with Crippen molar-refractivity contribution in [1.29, 1.82) is 0 Å². The van der Waals surface area contributed by atoms with Gasteiger partial charge >= 0.3 is 0 Å². The molecular formula is C17H17N3O2S. The predicted molar refractivity (Wildman–Crippen MR) is 90.2 cm³/mol. The number of allylic oxidation sites excluding steroid dienone is 4. The molecule has 0 spiro atoms. The number of carbonyl (C=O) groups excluding carboxylic acids is 1. The standard InChI is InChI=1S/C17H17N3O2S/c21-17-8-15(19-12-3-5-22-6-4-12)13-7-11(1-2-14(13)20-17)16-9-18-10-23-16/h1-2,7-10,12-13,19H,3-6H2. The Morgan fingerprint density at radius 3 is 2.91 bits per heavy atom. The lowest BCUT2D eigenvalue weighted by Crippen LogP contribution is -2.39. The lowest BCUT2D eigenvalue weighted by molar-refractivity contribution is -0.113. The smallest absolute Gasteiger partial charge is 0.271 e. The molecule has 1 amide bonds. The second-order valence-electron chi connectivity index (χ2n) is 5.80. The van der Waals surface area contributed by atoms with Crippen molar-refractivity contribution < 1.29 is 9.53 Å². The van der Waals surface area contributed by atoms with Gasteiger partial charge in [-0.2, -0.15) is 0 Å². The fraction of sp³-hybridized carbons (Fsp3) is 0.353. The van der Waals surface area contributed by atoms with E-state index in [-0.39, 0.29) is 11.8 Å². The van der Waals surface area contributed by atoms with Crippen molar-refractivity contribution in [1.82, 2.24) is 10.3 Å². The number of nitrogens with one attached hydrogen (secondary N) is 1. The number of aromatic nitrogens is 1. The van der Waals surface area contributed by atoms with Crippen LogP contribution in [0.2, 0.25) is 0 Å². The molecule has 0 bridgehead atoms. The van der Waals surface area contributed by atoms with Gasteiger partial charge in [0.2, 0.25) is 0 Å². The van der Waals surface area contributed by atoms with E-state index < -0.39 is 0 Å². The van der Waals surface area contributed by atoms with Gasteiger partial charge < -0.3 is 10.1 Å². The van der Waals surface area contributed by atoms with Gasteiger partial charge in [-0.15, -0.1) is 11.3 Å². The van der Waals surface area contributed by atoms with Crippen molar-refractivity contribution in [2.45, 2.75) is 18.9 Å². The number of ether oxygens (including phenoxy) is 1. The number of hydrogen-bond acceptors (Lipinski definition) is 5. The van der Waals surface area contributed by atoms with Crippen LogP contribution in [0.3, 0.4) is 0 Å². The average Bonchev–Trinajstić information content (AvgIpc) is 3.10. The first-order chi connectivity index (χ1) is 11.3. The molecule has 0 aromatic carbocycles. The molecule has 3 heterocycles. The van der Waals surface area contributed by atoms with Gasteiger partial charge in [-0.25, -0.2) is 4.99 Å². The molecule has 0 saturated carbocycles. The first-order valence-corrected chi connectivity index (χ1v) is 8.65. The number of carbonyl (C=O) groups is 1. The predicted octanol–water partition coefficient (Wildman–Crippen LogP) is 2.35. The first-order valence-electron chi connectivity index (χ1n) is 7.77. The van der Waals surface area contributed by atoms with Crippen LogP contribution in [0.25, 0.3) is 5.57 Å². The molecular weight excluding hydrogens is 310 g/mol. The minimum atomic E-state index is -0.190. The van der Waals surface area contributed by atoms with Crippen molar-refractivity contribution in [3.63, 3.8) is 0 Å². The Bertz CT molecular complexity index is 725. The summed E-state index contributed by atoms with van der Waals surface area (Å²) in [5.74, 6) is -0.178. The van der Waals surface area contributed by atoms with Crippen LogP contribution in [0.5, 0.6) is 0 Å². The third-order valence-electron chi connectivity index (χ3n) is 4.26. The summed E-state index contributed by atoms with van der Waals surface area (Å²) >= 11 is 1.61. The van der Waals surface area contributed by atoms with Gasteiger partial charge in [-0.05, 0) is 24.5 Å². The van der Waals surface area contributed by atoms with Crippen LogP contribution in [0.1, 0.15) is 17.7 Å². The number of thiazole rings is 1. The number of hydrogen-bond donors (Lipinski definition) is 1. The average molecular weight is 327 g/mol. The van der Waals surface area contributed by atoms with Gasteiger partial charge in [0, 0.05) is 37.2 Å². The highest BCUT2D eigenvalue weighted by molar-refractivity contribution is 7.10. The molecule has 1 unspecified atom stereocenters. The normalized spacial score (nSPS) is 24.6. The van der Waals surface area contributed by atoms with Gasteiger partial charge in [0.1, 0.15) is 0 Å². The molecule has 5 nitrogen and oxygen atoms in total. The summed E-state index contributed by atoms with van der Waals surface area (Å²) < 4.78 is 5.40. The number of dihydropyridines is 1. The molecule has 6 heteroatoms. The largest absolute Gasteiger partial charge is 0.384 e. The van der Waals surface area contributed by atoms with E-state index in [0.29, 0.717) is 6.04 Å². The quantitative estimate of drug-likeness (QED) is 0.925. The van der Waals surface area contributed by atoms with Crippen LogP contribution in [0.4, 0.5) is 0 Å². The molecule has 1 saturated heterocycles. The van der Waals surface area contributed by atoms with Crippen molar-refractivity contribution in [3.05, 3.63) is 46.6 Å². The highest BCUT2D eigenvalue weighted by Gasteiger charge is 2.28. The molecule has 0 radical (unpaired) electrons. The van der Waals surface area contributed by atoms with E-state index in [4.69, 9.17) is 4.74 Å². The molecule has 1 aromatic heterocycles. The molecule has 1 aliphatic carbocycles. The summed E-state index contributed by atoms with van der Waals surface area (Å²) in [5.41, 5.74) is 4.71. The van der Waals surface area contributed by atoms with Crippen molar-refractivity contribution >= 4 is 28.5 Å². The Morgan fingerprint density at radius 2 is 2.13 bits per heavy atom. The Morgan fingerprint density at radius 1 is 1.26 bits per heavy atom. The summed E-state index contributed by atoms with van der Waals surface area (Å²) in [7, 11) is 0. The maximum absolute atomic E-state index is 11.9. The van der Waals surface area contributed by atoms with E-state index in [0.717, 1.165) is 47.9 Å². The number of amides is 1. The fourth-order valence-electron chi connectivity index (χ4n) is 3.07. The van der Waals surface area contributed by atoms with Gasteiger partial charge in [-0.3, -0.25) is 9.78 Å². The molecule has 4 rings (SSSR count). The summed E-state index contributed by atoms with van der Waals surface area (Å²) in [6, 6.07) is 0.355. The lowest BCUT2D eigenvalue weighted by Gasteiger charge is -2.30. The maximum Gasteiger partial charge on any atom is 0.271 e. The van der Waals surface area contributed by atoms with Gasteiger partial charge in [0.15, 0.2) is 0 Å². The second-order valence-corrected chi connectivity index (χ2v) is 6.69. The molecule has 3 aliphatic rings. The molecule has 1 atom stereocenters. The molecule has 2 aliphatic heterocycles. The van der Waals surface area contributed by atoms with E-state index in [9.17, 15) is 4.79 Å². The SMILES string of the molecule is O=C1C=C(NC2CCOCC2)C2C=C(c3cncs3)C=CC2=N1. The topological polar surface area (TPSA) is 63.6 Å². The van der Waals surface area contributed by atoms with Crippen LogP contribution in [0, 0.1) is 5.92 Å². The zero-order valence-corrected chi connectivity index (χ0v) is 13.4. The van der Waals surface area contributed by atoms with Gasteiger partial charge in [0.25, 0.3) is 5.91 Å². The molecule has 1 fully saturated rings. The van der Waals surface area contributed by atoms with Crippen LogP contribution < -0.4 is 5.32 Å². The number of aliphatic imine (C=N–C) groups is 1. The van der Waals surface area contributed by atoms with E-state index >= 15 is 0 Å². The minimum Gasteiger partial charge on any atom is -0.384 e. The summed E-state index contributed by atoms with van der Waals surface area (Å²) in [4.78, 5) is 21.3. The minimum absolute atomic E-state index is 0.0117. The molecule has 1 N–H and O–H groups in total. The van der Waals surface area contributed by atoms with Gasteiger partial charge in [-0.1, -0.05) is 12.2 Å². The Balaban J connectivity index is 1.60. The van der Waals surface area contributed by atoms with E-state index in [1.165, 1.54) is 0 Å². The fourth-order valence-corrected chi connectivity index (χ4v) is 3.70. The highest BCUT2D eigenvalue weighted by Crippen LogP contribution is 2.31. The van der Waals surface area contributed by atoms with Crippen molar-refractivity contribution in [2.24, 2.45) is 10.9 Å². The molecule has 118 valence electrons. The second kappa shape index (κ2) is 6.22. The summed E-state index contributed by atoms with van der Waals surface area (Å²) in [6.45, 7) is 1.54. The molecule has 1 aromatic rings. The third-order valence-corrected chi connectivity index (χ3v) is 5.08. The maximum atomic E-state index is 11.9. The summed E-state index contributed by atoms with van der Waals surface area (Å²) in [6.07, 6.45) is 11.5. The lowest BCUT2D eigenvalue weighted by atomic mass is 9.88. The third kappa shape index (κ3) is 3.04. The van der Waals surface area contributed by atoms with Crippen molar-refractivity contribution in [2.75, 3.05) is 13.2 Å². The molecule has 23 heavy (non-hydrogen) atoms. The zero-order chi connectivity index (χ0) is 15.6. The van der Waals surface area contributed by atoms with Gasteiger partial charge in [0.05, 0.1) is 22.0 Å². The van der Waals surface area contributed by atoms with Crippen LogP contribution in [0.15, 0.2) is 46.7 Å².